The average Bonchev–Trinajstić information content (AvgIpc) is 2.43. The fraction of sp³-hybridized carbons (Fsp3) is 0.250. The minimum Gasteiger partial charge on any atom is -0.310 e. The second-order valence-corrected chi connectivity index (χ2v) is 4.69. The van der Waals surface area contributed by atoms with Gasteiger partial charge in [-0.3, -0.25) is 0 Å². The smallest absolute Gasteiger partial charge is 0.130 e. The Hall–Kier alpha value is -1.88. The SMILES string of the molecule is CCNC(Cc1cc(F)ccc1F)c1c(F)cccc1F. The van der Waals surface area contributed by atoms with Gasteiger partial charge >= 0.3 is 0 Å². The molecule has 2 aromatic rings. The van der Waals surface area contributed by atoms with Gasteiger partial charge in [-0.25, -0.2) is 17.6 Å². The van der Waals surface area contributed by atoms with Gasteiger partial charge in [0, 0.05) is 11.6 Å². The van der Waals surface area contributed by atoms with Crippen LogP contribution in [-0.2, 0) is 6.42 Å². The lowest BCUT2D eigenvalue weighted by molar-refractivity contribution is 0.465. The Kier molecular flexibility index (Phi) is 4.96. The summed E-state index contributed by atoms with van der Waals surface area (Å²) in [7, 11) is 0. The standard InChI is InChI=1S/C16H15F4N/c1-2-21-15(16-13(19)4-3-5-14(16)20)9-10-8-11(17)6-7-12(10)18/h3-8,15,21H,2,9H2,1H3. The molecule has 0 amide bonds. The van der Waals surface area contributed by atoms with Crippen LogP contribution in [0.3, 0.4) is 0 Å². The van der Waals surface area contributed by atoms with Gasteiger partial charge in [0.05, 0.1) is 0 Å². The van der Waals surface area contributed by atoms with Crippen molar-refractivity contribution in [2.45, 2.75) is 19.4 Å². The number of likely N-dealkylation sites (N-methyl/N-ethyl adjacent to an activating group) is 1. The maximum atomic E-state index is 13.9. The van der Waals surface area contributed by atoms with Crippen molar-refractivity contribution < 1.29 is 17.6 Å². The third kappa shape index (κ3) is 3.61. The third-order valence-corrected chi connectivity index (χ3v) is 3.23. The number of hydrogen-bond acceptors (Lipinski definition) is 1. The highest BCUT2D eigenvalue weighted by Crippen LogP contribution is 2.25. The van der Waals surface area contributed by atoms with Crippen LogP contribution in [0.4, 0.5) is 17.6 Å². The molecule has 1 N–H and O–H groups in total. The highest BCUT2D eigenvalue weighted by atomic mass is 19.1. The van der Waals surface area contributed by atoms with E-state index in [-0.39, 0.29) is 17.5 Å². The number of hydrogen-bond donors (Lipinski definition) is 1. The maximum Gasteiger partial charge on any atom is 0.130 e. The summed E-state index contributed by atoms with van der Waals surface area (Å²) in [5.41, 5.74) is -0.0911. The number of benzene rings is 2. The predicted octanol–water partition coefficient (Wildman–Crippen LogP) is 4.14. The molecule has 0 aliphatic heterocycles. The van der Waals surface area contributed by atoms with Gasteiger partial charge in [-0.1, -0.05) is 13.0 Å². The predicted molar refractivity (Wildman–Crippen MR) is 72.8 cm³/mol. The molecule has 0 radical (unpaired) electrons. The Bertz CT molecular complexity index is 607. The maximum absolute atomic E-state index is 13.9. The summed E-state index contributed by atoms with van der Waals surface area (Å²) in [5, 5.41) is 2.91. The molecule has 1 nitrogen and oxygen atoms in total. The molecule has 0 aliphatic carbocycles. The Balaban J connectivity index is 2.38. The van der Waals surface area contributed by atoms with Crippen molar-refractivity contribution in [2.24, 2.45) is 0 Å². The van der Waals surface area contributed by atoms with E-state index in [1.54, 1.807) is 6.92 Å². The average molecular weight is 297 g/mol. The first-order chi connectivity index (χ1) is 10.0. The summed E-state index contributed by atoms with van der Waals surface area (Å²) in [6, 6.07) is 5.83. The van der Waals surface area contributed by atoms with Crippen LogP contribution in [0, 0.1) is 23.3 Å². The summed E-state index contributed by atoms with van der Waals surface area (Å²) in [5.74, 6) is -2.61. The van der Waals surface area contributed by atoms with Crippen LogP contribution in [0.15, 0.2) is 36.4 Å². The highest BCUT2D eigenvalue weighted by molar-refractivity contribution is 5.27. The van der Waals surface area contributed by atoms with E-state index in [2.05, 4.69) is 5.32 Å². The fourth-order valence-corrected chi connectivity index (χ4v) is 2.29. The van der Waals surface area contributed by atoms with Crippen molar-refractivity contribution >= 4 is 0 Å². The highest BCUT2D eigenvalue weighted by Gasteiger charge is 2.21. The Morgan fingerprint density at radius 1 is 0.952 bits per heavy atom. The van der Waals surface area contributed by atoms with E-state index >= 15 is 0 Å². The van der Waals surface area contributed by atoms with Crippen molar-refractivity contribution in [3.05, 3.63) is 70.8 Å². The minimum absolute atomic E-state index is 0.0463. The van der Waals surface area contributed by atoms with Crippen LogP contribution < -0.4 is 5.32 Å². The van der Waals surface area contributed by atoms with Crippen LogP contribution in [-0.4, -0.2) is 6.54 Å². The molecule has 0 spiro atoms. The zero-order valence-electron chi connectivity index (χ0n) is 11.5. The molecule has 1 atom stereocenters. The first kappa shape index (κ1) is 15.5. The molecule has 0 heterocycles. The van der Waals surface area contributed by atoms with Gasteiger partial charge in [0.15, 0.2) is 0 Å². The normalized spacial score (nSPS) is 12.4. The first-order valence-electron chi connectivity index (χ1n) is 6.64. The summed E-state index contributed by atoms with van der Waals surface area (Å²) in [6.45, 7) is 2.21. The van der Waals surface area contributed by atoms with Crippen molar-refractivity contribution in [3.63, 3.8) is 0 Å². The van der Waals surface area contributed by atoms with Crippen LogP contribution in [0.5, 0.6) is 0 Å². The number of halogens is 4. The van der Waals surface area contributed by atoms with Gasteiger partial charge in [-0.15, -0.1) is 0 Å². The molecule has 2 rings (SSSR count). The van der Waals surface area contributed by atoms with Gasteiger partial charge in [-0.2, -0.15) is 0 Å². The summed E-state index contributed by atoms with van der Waals surface area (Å²) in [4.78, 5) is 0. The Morgan fingerprint density at radius 2 is 1.62 bits per heavy atom. The molecule has 0 saturated heterocycles. The van der Waals surface area contributed by atoms with Crippen molar-refractivity contribution in [3.8, 4) is 0 Å². The molecule has 0 bridgehead atoms. The van der Waals surface area contributed by atoms with Crippen molar-refractivity contribution in [1.82, 2.24) is 5.32 Å². The van der Waals surface area contributed by atoms with Crippen LogP contribution in [0.1, 0.15) is 24.1 Å². The first-order valence-corrected chi connectivity index (χ1v) is 6.64. The zero-order valence-corrected chi connectivity index (χ0v) is 11.5. The summed E-state index contributed by atoms with van der Waals surface area (Å²) >= 11 is 0. The Labute approximate surface area is 120 Å². The fourth-order valence-electron chi connectivity index (χ4n) is 2.29. The lowest BCUT2D eigenvalue weighted by Gasteiger charge is -2.20. The molecular weight excluding hydrogens is 282 g/mol. The molecule has 0 fully saturated rings. The topological polar surface area (TPSA) is 12.0 Å². The Morgan fingerprint density at radius 3 is 2.24 bits per heavy atom. The van der Waals surface area contributed by atoms with Crippen LogP contribution in [0.2, 0.25) is 0 Å². The van der Waals surface area contributed by atoms with E-state index in [0.29, 0.717) is 6.54 Å². The van der Waals surface area contributed by atoms with Crippen LogP contribution >= 0.6 is 0 Å². The summed E-state index contributed by atoms with van der Waals surface area (Å²) < 4.78 is 54.6. The van der Waals surface area contributed by atoms with Crippen molar-refractivity contribution in [2.75, 3.05) is 6.54 Å². The molecule has 21 heavy (non-hydrogen) atoms. The monoisotopic (exact) mass is 297 g/mol. The van der Waals surface area contributed by atoms with Gasteiger partial charge in [0.1, 0.15) is 23.3 Å². The second kappa shape index (κ2) is 6.72. The third-order valence-electron chi connectivity index (χ3n) is 3.23. The largest absolute Gasteiger partial charge is 0.310 e. The lowest BCUT2D eigenvalue weighted by Crippen LogP contribution is -2.25. The second-order valence-electron chi connectivity index (χ2n) is 4.69. The van der Waals surface area contributed by atoms with Gasteiger partial charge in [0.2, 0.25) is 0 Å². The zero-order chi connectivity index (χ0) is 15.4. The van der Waals surface area contributed by atoms with E-state index in [4.69, 9.17) is 0 Å². The molecule has 0 aliphatic rings. The van der Waals surface area contributed by atoms with Crippen LogP contribution in [0.25, 0.3) is 0 Å². The van der Waals surface area contributed by atoms with E-state index < -0.39 is 29.3 Å². The summed E-state index contributed by atoms with van der Waals surface area (Å²) in [6.07, 6.45) is -0.0463. The van der Waals surface area contributed by atoms with Crippen molar-refractivity contribution in [1.29, 1.82) is 0 Å². The van der Waals surface area contributed by atoms with E-state index in [1.807, 2.05) is 0 Å². The van der Waals surface area contributed by atoms with E-state index in [9.17, 15) is 17.6 Å². The molecule has 2 aromatic carbocycles. The van der Waals surface area contributed by atoms with Gasteiger partial charge in [-0.05, 0) is 48.9 Å². The van der Waals surface area contributed by atoms with Gasteiger partial charge < -0.3 is 5.32 Å². The van der Waals surface area contributed by atoms with E-state index in [1.165, 1.54) is 6.07 Å². The van der Waals surface area contributed by atoms with E-state index in [0.717, 1.165) is 30.3 Å². The minimum atomic E-state index is -0.771. The molecular formula is C16H15F4N. The number of nitrogens with one attached hydrogen (secondary N) is 1. The van der Waals surface area contributed by atoms with Gasteiger partial charge in [0.25, 0.3) is 0 Å². The quantitative estimate of drug-likeness (QED) is 0.818. The molecule has 0 saturated carbocycles. The molecule has 5 heteroatoms. The number of rotatable bonds is 5. The molecule has 1 unspecified atom stereocenters. The molecule has 112 valence electrons. The lowest BCUT2D eigenvalue weighted by atomic mass is 9.97. The molecule has 0 aromatic heterocycles.